The monoisotopic (exact) mass is 474 g/mol. The molecule has 7 heteroatoms. The van der Waals surface area contributed by atoms with Crippen LogP contribution >= 0.6 is 0 Å². The topological polar surface area (TPSA) is 109 Å². The second-order valence-corrected chi connectivity index (χ2v) is 10.7. The molecule has 0 aliphatic heterocycles. The zero-order valence-corrected chi connectivity index (χ0v) is 20.2. The number of rotatable bonds is 7. The fraction of sp³-hybridized carbons (Fsp3) is 0.464. The number of nitrogens with zero attached hydrogens (tertiary/aromatic N) is 1. The van der Waals surface area contributed by atoms with Crippen molar-refractivity contribution in [3.05, 3.63) is 65.7 Å². The Morgan fingerprint density at radius 3 is 2.29 bits per heavy atom. The summed E-state index contributed by atoms with van der Waals surface area (Å²) < 4.78 is 6.32. The summed E-state index contributed by atoms with van der Waals surface area (Å²) in [6.07, 6.45) is 6.00. The lowest BCUT2D eigenvalue weighted by Gasteiger charge is -2.55. The van der Waals surface area contributed by atoms with Crippen molar-refractivity contribution in [1.82, 2.24) is 5.32 Å². The summed E-state index contributed by atoms with van der Waals surface area (Å²) in [7, 11) is 0. The van der Waals surface area contributed by atoms with Crippen LogP contribution in [0.3, 0.4) is 0 Å². The number of amidine groups is 1. The summed E-state index contributed by atoms with van der Waals surface area (Å²) >= 11 is 0. The van der Waals surface area contributed by atoms with Gasteiger partial charge in [-0.3, -0.25) is 15.1 Å². The SMILES string of the molecule is C[C@@H](C(=O)NCc1ccccc1)N(C(=O)OC12CC3CC(CC(C3)C1)C2)c1cccc(C(=N)N)c1. The molecule has 4 aliphatic carbocycles. The Bertz CT molecular complexity index is 1080. The van der Waals surface area contributed by atoms with Crippen LogP contribution in [0, 0.1) is 23.2 Å². The Kier molecular flexibility index (Phi) is 6.26. The largest absolute Gasteiger partial charge is 0.442 e. The first-order valence-corrected chi connectivity index (χ1v) is 12.6. The van der Waals surface area contributed by atoms with Crippen LogP contribution in [0.5, 0.6) is 0 Å². The molecule has 0 unspecified atom stereocenters. The number of anilines is 1. The highest BCUT2D eigenvalue weighted by atomic mass is 16.6. The van der Waals surface area contributed by atoms with Crippen molar-refractivity contribution in [3.8, 4) is 0 Å². The van der Waals surface area contributed by atoms with E-state index in [4.69, 9.17) is 15.9 Å². The van der Waals surface area contributed by atoms with Gasteiger partial charge in [-0.2, -0.15) is 0 Å². The molecule has 184 valence electrons. The highest BCUT2D eigenvalue weighted by Gasteiger charge is 2.53. The summed E-state index contributed by atoms with van der Waals surface area (Å²) in [6, 6.07) is 15.8. The number of amides is 2. The minimum Gasteiger partial charge on any atom is -0.442 e. The molecule has 0 radical (unpaired) electrons. The van der Waals surface area contributed by atoms with E-state index in [2.05, 4.69) is 5.32 Å². The molecule has 0 aromatic heterocycles. The van der Waals surface area contributed by atoms with E-state index < -0.39 is 17.7 Å². The smallest absolute Gasteiger partial charge is 0.415 e. The van der Waals surface area contributed by atoms with Gasteiger partial charge in [0.15, 0.2) is 0 Å². The first-order chi connectivity index (χ1) is 16.8. The molecule has 4 bridgehead atoms. The number of nitrogens with two attached hydrogens (primary N) is 1. The second-order valence-electron chi connectivity index (χ2n) is 10.7. The zero-order valence-electron chi connectivity index (χ0n) is 20.2. The highest BCUT2D eigenvalue weighted by Crippen LogP contribution is 2.57. The van der Waals surface area contributed by atoms with Crippen LogP contribution < -0.4 is 16.0 Å². The number of nitrogen functional groups attached to an aromatic ring is 1. The Balaban J connectivity index is 1.38. The van der Waals surface area contributed by atoms with Gasteiger partial charge >= 0.3 is 6.09 Å². The van der Waals surface area contributed by atoms with Crippen LogP contribution in [0.4, 0.5) is 10.5 Å². The molecule has 6 rings (SSSR count). The van der Waals surface area contributed by atoms with E-state index in [1.807, 2.05) is 30.3 Å². The van der Waals surface area contributed by atoms with Crippen molar-refractivity contribution < 1.29 is 14.3 Å². The van der Waals surface area contributed by atoms with Crippen LogP contribution in [-0.2, 0) is 16.1 Å². The standard InChI is InChI=1S/C28H34N4O3/c1-18(26(33)31-17-19-6-3-2-4-7-19)32(24-9-5-8-23(13-24)25(29)30)27(34)35-28-14-20-10-21(15-28)12-22(11-20)16-28/h2-9,13,18,20-22H,10-12,14-17H2,1H3,(H3,29,30)(H,31,33)/t18-,20?,21?,22?,28?/m0/s1. The number of benzene rings is 2. The Morgan fingerprint density at radius 1 is 1.06 bits per heavy atom. The van der Waals surface area contributed by atoms with Gasteiger partial charge < -0.3 is 15.8 Å². The predicted octanol–water partition coefficient (Wildman–Crippen LogP) is 4.59. The molecule has 4 aliphatic rings. The number of carbonyl (C=O) groups is 2. The Labute approximate surface area is 206 Å². The van der Waals surface area contributed by atoms with E-state index in [9.17, 15) is 9.59 Å². The fourth-order valence-corrected chi connectivity index (χ4v) is 6.75. The summed E-state index contributed by atoms with van der Waals surface area (Å²) in [6.45, 7) is 2.08. The summed E-state index contributed by atoms with van der Waals surface area (Å²) in [5.41, 5.74) is 7.25. The van der Waals surface area contributed by atoms with Crippen molar-refractivity contribution in [2.24, 2.45) is 23.5 Å². The van der Waals surface area contributed by atoms with Gasteiger partial charge in [0.05, 0.1) is 0 Å². The molecule has 2 amide bonds. The Hall–Kier alpha value is -3.35. The third kappa shape index (κ3) is 4.90. The van der Waals surface area contributed by atoms with Crippen LogP contribution in [0.2, 0.25) is 0 Å². The molecule has 0 saturated heterocycles. The molecule has 4 fully saturated rings. The summed E-state index contributed by atoms with van der Waals surface area (Å²) in [5, 5.41) is 10.8. The van der Waals surface area contributed by atoms with Crippen molar-refractivity contribution in [3.63, 3.8) is 0 Å². The number of hydrogen-bond acceptors (Lipinski definition) is 4. The van der Waals surface area contributed by atoms with Gasteiger partial charge in [-0.25, -0.2) is 4.79 Å². The van der Waals surface area contributed by atoms with Gasteiger partial charge in [-0.15, -0.1) is 0 Å². The van der Waals surface area contributed by atoms with Gasteiger partial charge in [0.1, 0.15) is 17.5 Å². The van der Waals surface area contributed by atoms with Gasteiger partial charge in [-0.05, 0) is 80.9 Å². The maximum atomic E-state index is 13.8. The lowest BCUT2D eigenvalue weighted by Crippen LogP contribution is -2.56. The third-order valence-electron chi connectivity index (χ3n) is 7.99. The van der Waals surface area contributed by atoms with Crippen molar-refractivity contribution in [1.29, 1.82) is 5.41 Å². The van der Waals surface area contributed by atoms with Crippen molar-refractivity contribution >= 4 is 23.5 Å². The first-order valence-electron chi connectivity index (χ1n) is 12.6. The second kappa shape index (κ2) is 9.36. The maximum absolute atomic E-state index is 13.8. The normalized spacial score (nSPS) is 27.2. The van der Waals surface area contributed by atoms with Crippen LogP contribution in [0.15, 0.2) is 54.6 Å². The van der Waals surface area contributed by atoms with Gasteiger partial charge in [-0.1, -0.05) is 42.5 Å². The fourth-order valence-electron chi connectivity index (χ4n) is 6.75. The predicted molar refractivity (Wildman–Crippen MR) is 135 cm³/mol. The van der Waals surface area contributed by atoms with E-state index in [-0.39, 0.29) is 11.7 Å². The van der Waals surface area contributed by atoms with Crippen LogP contribution in [0.25, 0.3) is 0 Å². The maximum Gasteiger partial charge on any atom is 0.415 e. The van der Waals surface area contributed by atoms with E-state index in [0.29, 0.717) is 35.5 Å². The molecule has 7 nitrogen and oxygen atoms in total. The van der Waals surface area contributed by atoms with Gasteiger partial charge in [0.25, 0.3) is 0 Å². The van der Waals surface area contributed by atoms with Gasteiger partial charge in [0.2, 0.25) is 5.91 Å². The molecule has 4 N–H and O–H groups in total. The minimum absolute atomic E-state index is 0.0950. The molecular weight excluding hydrogens is 440 g/mol. The van der Waals surface area contributed by atoms with E-state index >= 15 is 0 Å². The average molecular weight is 475 g/mol. The van der Waals surface area contributed by atoms with Crippen LogP contribution in [0.1, 0.15) is 56.6 Å². The Morgan fingerprint density at radius 2 is 1.69 bits per heavy atom. The lowest BCUT2D eigenvalue weighted by atomic mass is 9.54. The van der Waals surface area contributed by atoms with E-state index in [0.717, 1.165) is 24.8 Å². The number of hydrogen-bond donors (Lipinski definition) is 3. The zero-order chi connectivity index (χ0) is 24.6. The first kappa shape index (κ1) is 23.4. The lowest BCUT2D eigenvalue weighted by molar-refractivity contribution is -0.128. The molecule has 2 aromatic carbocycles. The van der Waals surface area contributed by atoms with Crippen molar-refractivity contribution in [2.45, 2.75) is 63.6 Å². The summed E-state index contributed by atoms with van der Waals surface area (Å²) in [4.78, 5) is 28.4. The number of carbonyl (C=O) groups excluding carboxylic acids is 2. The van der Waals surface area contributed by atoms with E-state index in [1.165, 1.54) is 24.2 Å². The van der Waals surface area contributed by atoms with Crippen molar-refractivity contribution in [2.75, 3.05) is 4.90 Å². The number of nitrogens with one attached hydrogen (secondary N) is 2. The van der Waals surface area contributed by atoms with Crippen LogP contribution in [-0.4, -0.2) is 29.5 Å². The quantitative estimate of drug-likeness (QED) is 0.403. The highest BCUT2D eigenvalue weighted by molar-refractivity contribution is 6.00. The van der Waals surface area contributed by atoms with E-state index in [1.54, 1.807) is 31.2 Å². The molecule has 1 atom stereocenters. The molecule has 2 aromatic rings. The average Bonchev–Trinajstić information content (AvgIpc) is 2.82. The molecule has 35 heavy (non-hydrogen) atoms. The molecule has 0 heterocycles. The molecule has 0 spiro atoms. The number of ether oxygens (including phenoxy) is 1. The summed E-state index contributed by atoms with van der Waals surface area (Å²) in [5.74, 6) is 1.53. The molecular formula is C28H34N4O3. The molecule has 4 saturated carbocycles. The minimum atomic E-state index is -0.803. The van der Waals surface area contributed by atoms with Gasteiger partial charge in [0, 0.05) is 17.8 Å². The third-order valence-corrected chi connectivity index (χ3v) is 7.99.